The number of nitrogens with one attached hydrogen (secondary N) is 2. The van der Waals surface area contributed by atoms with Crippen LogP contribution in [0.4, 0.5) is 22.1 Å². The molecular formula is C28H36N8O4S. The van der Waals surface area contributed by atoms with Crippen molar-refractivity contribution in [2.45, 2.75) is 37.1 Å². The molecule has 0 aliphatic carbocycles. The molecule has 41 heavy (non-hydrogen) atoms. The molecule has 12 nitrogen and oxygen atoms in total. The molecule has 0 radical (unpaired) electrons. The maximum atomic E-state index is 13.5. The molecule has 0 aromatic carbocycles. The number of hydrogen-bond acceptors (Lipinski definition) is 10. The van der Waals surface area contributed by atoms with Crippen LogP contribution in [0.1, 0.15) is 29.5 Å². The molecule has 0 saturated carbocycles. The van der Waals surface area contributed by atoms with E-state index in [-0.39, 0.29) is 23.2 Å². The zero-order valence-corrected chi connectivity index (χ0v) is 24.5. The molecule has 0 spiro atoms. The van der Waals surface area contributed by atoms with Crippen LogP contribution in [0, 0.1) is 11.3 Å². The number of amides is 3. The summed E-state index contributed by atoms with van der Waals surface area (Å²) in [6, 6.07) is 5.68. The normalized spacial score (nSPS) is 21.2. The summed E-state index contributed by atoms with van der Waals surface area (Å²) in [6.07, 6.45) is 5.89. The summed E-state index contributed by atoms with van der Waals surface area (Å²) in [5.41, 5.74) is 2.80. The highest BCUT2D eigenvalue weighted by molar-refractivity contribution is 7.99. The molecule has 2 N–H and O–H groups in total. The van der Waals surface area contributed by atoms with Crippen molar-refractivity contribution < 1.29 is 19.1 Å². The van der Waals surface area contributed by atoms with E-state index in [1.807, 2.05) is 29.2 Å². The number of ether oxygens (including phenoxy) is 2. The molecule has 2 unspecified atom stereocenters. The number of likely N-dealkylation sites (N-methyl/N-ethyl adjacent to an activating group) is 1. The predicted molar refractivity (Wildman–Crippen MR) is 157 cm³/mol. The van der Waals surface area contributed by atoms with E-state index < -0.39 is 0 Å². The number of nitriles is 1. The minimum Gasteiger partial charge on any atom is -0.481 e. The Hall–Kier alpha value is -3.60. The highest BCUT2D eigenvalue weighted by Crippen LogP contribution is 2.32. The SMILES string of the molecule is COc1nc2c(cc1CN1CCN(C)CC1=O)CCCN2C(=O)Nc1cc(NC2CCOCC2SC)c(C#N)cn1. The lowest BCUT2D eigenvalue weighted by atomic mass is 10.0. The number of rotatable bonds is 7. The fourth-order valence-electron chi connectivity index (χ4n) is 5.43. The number of carbonyl (C=O) groups excluding carboxylic acids is 2. The van der Waals surface area contributed by atoms with E-state index >= 15 is 0 Å². The number of nitrogens with zero attached hydrogens (tertiary/aromatic N) is 6. The van der Waals surface area contributed by atoms with Gasteiger partial charge in [-0.25, -0.2) is 9.78 Å². The number of carbonyl (C=O) groups is 2. The summed E-state index contributed by atoms with van der Waals surface area (Å²) in [7, 11) is 3.49. The fraction of sp³-hybridized carbons (Fsp3) is 0.536. The molecular weight excluding hydrogens is 544 g/mol. The number of hydrogen-bond donors (Lipinski definition) is 2. The first-order valence-corrected chi connectivity index (χ1v) is 15.1. The number of fused-ring (bicyclic) bond motifs is 1. The fourth-order valence-corrected chi connectivity index (χ4v) is 6.20. The molecule has 218 valence electrons. The molecule has 3 aliphatic rings. The summed E-state index contributed by atoms with van der Waals surface area (Å²) in [4.78, 5) is 40.5. The second kappa shape index (κ2) is 12.9. The Morgan fingerprint density at radius 2 is 2.17 bits per heavy atom. The van der Waals surface area contributed by atoms with Crippen LogP contribution >= 0.6 is 11.8 Å². The van der Waals surface area contributed by atoms with Gasteiger partial charge in [0.25, 0.3) is 0 Å². The van der Waals surface area contributed by atoms with Crippen LogP contribution in [0.2, 0.25) is 0 Å². The van der Waals surface area contributed by atoms with Crippen molar-refractivity contribution in [1.29, 1.82) is 5.26 Å². The summed E-state index contributed by atoms with van der Waals surface area (Å²) in [5, 5.41) is 16.3. The van der Waals surface area contributed by atoms with Gasteiger partial charge >= 0.3 is 6.03 Å². The van der Waals surface area contributed by atoms with Crippen LogP contribution in [0.15, 0.2) is 18.3 Å². The van der Waals surface area contributed by atoms with Crippen molar-refractivity contribution in [3.63, 3.8) is 0 Å². The average molecular weight is 581 g/mol. The predicted octanol–water partition coefficient (Wildman–Crippen LogP) is 2.55. The molecule has 2 fully saturated rings. The molecule has 5 rings (SSSR count). The highest BCUT2D eigenvalue weighted by Gasteiger charge is 2.29. The maximum Gasteiger partial charge on any atom is 0.328 e. The average Bonchev–Trinajstić information content (AvgIpc) is 2.98. The van der Waals surface area contributed by atoms with Crippen molar-refractivity contribution in [1.82, 2.24) is 19.8 Å². The van der Waals surface area contributed by atoms with E-state index in [1.54, 1.807) is 29.8 Å². The van der Waals surface area contributed by atoms with Crippen molar-refractivity contribution in [2.24, 2.45) is 0 Å². The standard InChI is InChI=1S/C28H36N8O4S/c1-34-8-9-35(25(37)16-34)15-19-11-18-5-4-7-36(26(18)33-27(19)39-2)28(38)32-24-12-22(20(13-29)14-30-24)31-21-6-10-40-17-23(21)41-3/h11-12,14,21,23H,4-10,15-17H2,1-3H3,(H2,30,31,32,38). The van der Waals surface area contributed by atoms with Gasteiger partial charge in [-0.1, -0.05) is 0 Å². The smallest absolute Gasteiger partial charge is 0.328 e. The largest absolute Gasteiger partial charge is 0.481 e. The molecule has 3 aliphatic heterocycles. The molecule has 2 saturated heterocycles. The molecule has 2 aromatic rings. The Bertz CT molecular complexity index is 1330. The molecule has 5 heterocycles. The van der Waals surface area contributed by atoms with Gasteiger partial charge in [0.05, 0.1) is 38.1 Å². The Morgan fingerprint density at radius 3 is 2.93 bits per heavy atom. The Morgan fingerprint density at radius 1 is 1.32 bits per heavy atom. The number of thioether (sulfide) groups is 1. The first kappa shape index (κ1) is 28.9. The third-order valence-electron chi connectivity index (χ3n) is 7.72. The summed E-state index contributed by atoms with van der Waals surface area (Å²) in [6.45, 7) is 4.06. The number of pyridine rings is 2. The number of aromatic nitrogens is 2. The topological polar surface area (TPSA) is 136 Å². The van der Waals surface area contributed by atoms with Crippen molar-refractivity contribution in [2.75, 3.05) is 75.3 Å². The summed E-state index contributed by atoms with van der Waals surface area (Å²) in [5.74, 6) is 1.35. The van der Waals surface area contributed by atoms with Gasteiger partial charge in [0.1, 0.15) is 17.7 Å². The Balaban J connectivity index is 1.33. The number of methoxy groups -OCH3 is 1. The lowest BCUT2D eigenvalue weighted by Crippen LogP contribution is -2.48. The quantitative estimate of drug-likeness (QED) is 0.503. The molecule has 2 aromatic heterocycles. The van der Waals surface area contributed by atoms with E-state index in [4.69, 9.17) is 14.5 Å². The second-order valence-corrected chi connectivity index (χ2v) is 11.6. The number of anilines is 3. The van der Waals surface area contributed by atoms with Gasteiger partial charge in [-0.15, -0.1) is 0 Å². The minimum absolute atomic E-state index is 0.0732. The van der Waals surface area contributed by atoms with Gasteiger partial charge in [0.15, 0.2) is 0 Å². The van der Waals surface area contributed by atoms with E-state index in [0.29, 0.717) is 68.2 Å². The van der Waals surface area contributed by atoms with E-state index in [9.17, 15) is 14.9 Å². The summed E-state index contributed by atoms with van der Waals surface area (Å²) < 4.78 is 11.2. The van der Waals surface area contributed by atoms with Crippen LogP contribution in [-0.2, 0) is 22.5 Å². The van der Waals surface area contributed by atoms with Gasteiger partial charge < -0.3 is 19.7 Å². The van der Waals surface area contributed by atoms with Gasteiger partial charge in [0.2, 0.25) is 11.8 Å². The zero-order chi connectivity index (χ0) is 28.9. The van der Waals surface area contributed by atoms with Crippen LogP contribution in [0.5, 0.6) is 5.88 Å². The van der Waals surface area contributed by atoms with Crippen LogP contribution in [0.3, 0.4) is 0 Å². The van der Waals surface area contributed by atoms with Gasteiger partial charge in [-0.3, -0.25) is 19.9 Å². The maximum absolute atomic E-state index is 13.5. The first-order chi connectivity index (χ1) is 19.9. The zero-order valence-electron chi connectivity index (χ0n) is 23.7. The second-order valence-electron chi connectivity index (χ2n) is 10.5. The lowest BCUT2D eigenvalue weighted by molar-refractivity contribution is -0.136. The Kier molecular flexibility index (Phi) is 9.12. The molecule has 0 bridgehead atoms. The lowest BCUT2D eigenvalue weighted by Gasteiger charge is -2.33. The van der Waals surface area contributed by atoms with Crippen molar-refractivity contribution in [3.05, 3.63) is 35.0 Å². The third-order valence-corrected chi connectivity index (χ3v) is 8.79. The third kappa shape index (κ3) is 6.50. The van der Waals surface area contributed by atoms with Crippen LogP contribution < -0.4 is 20.3 Å². The molecule has 2 atom stereocenters. The van der Waals surface area contributed by atoms with Crippen LogP contribution in [0.25, 0.3) is 0 Å². The van der Waals surface area contributed by atoms with E-state index in [1.165, 1.54) is 6.20 Å². The number of urea groups is 1. The van der Waals surface area contributed by atoms with Crippen LogP contribution in [-0.4, -0.2) is 103 Å². The number of piperazine rings is 1. The molecule has 13 heteroatoms. The van der Waals surface area contributed by atoms with Gasteiger partial charge in [-0.2, -0.15) is 22.0 Å². The van der Waals surface area contributed by atoms with E-state index in [2.05, 4.69) is 21.7 Å². The van der Waals surface area contributed by atoms with Crippen molar-refractivity contribution in [3.8, 4) is 11.9 Å². The number of aryl methyl sites for hydroxylation is 1. The van der Waals surface area contributed by atoms with Crippen molar-refractivity contribution >= 4 is 41.0 Å². The summed E-state index contributed by atoms with van der Waals surface area (Å²) >= 11 is 1.73. The van der Waals surface area contributed by atoms with Gasteiger partial charge in [0, 0.05) is 55.4 Å². The minimum atomic E-state index is -0.362. The van der Waals surface area contributed by atoms with Gasteiger partial charge in [-0.05, 0) is 44.2 Å². The van der Waals surface area contributed by atoms with E-state index in [0.717, 1.165) is 36.9 Å². The molecule has 3 amide bonds. The monoisotopic (exact) mass is 580 g/mol. The highest BCUT2D eigenvalue weighted by atomic mass is 32.2. The first-order valence-electron chi connectivity index (χ1n) is 13.8. The Labute approximate surface area is 244 Å².